The zero-order chi connectivity index (χ0) is 22.8. The molecule has 0 radical (unpaired) electrons. The summed E-state index contributed by atoms with van der Waals surface area (Å²) < 4.78 is 0. The molecule has 31 heavy (non-hydrogen) atoms. The van der Waals surface area contributed by atoms with E-state index in [-0.39, 0.29) is 0 Å². The molecule has 0 aromatic heterocycles. The Kier molecular flexibility index (Phi) is 26.1. The minimum atomic E-state index is 0.338. The smallest absolute Gasteiger partial charge is 0.0443 e. The van der Waals surface area contributed by atoms with Crippen molar-refractivity contribution in [1.82, 2.24) is 4.90 Å². The second-order valence-corrected chi connectivity index (χ2v) is 10.1. The van der Waals surface area contributed by atoms with E-state index in [4.69, 9.17) is 0 Å². The van der Waals surface area contributed by atoms with Gasteiger partial charge in [0.1, 0.15) is 0 Å². The third kappa shape index (κ3) is 22.9. The molecule has 0 aromatic rings. The van der Waals surface area contributed by atoms with Crippen LogP contribution in [-0.4, -0.2) is 36.2 Å². The second kappa shape index (κ2) is 26.2. The third-order valence-electron chi connectivity index (χ3n) is 6.98. The second-order valence-electron chi connectivity index (χ2n) is 10.1. The predicted molar refractivity (Wildman–Crippen MR) is 141 cm³/mol. The fourth-order valence-electron chi connectivity index (χ4n) is 4.82. The van der Waals surface area contributed by atoms with Gasteiger partial charge in [0.05, 0.1) is 0 Å². The quantitative estimate of drug-likeness (QED) is 0.136. The Hall–Kier alpha value is -0.0800. The molecule has 0 saturated heterocycles. The summed E-state index contributed by atoms with van der Waals surface area (Å²) >= 11 is 0. The van der Waals surface area contributed by atoms with Crippen LogP contribution < -0.4 is 0 Å². The van der Waals surface area contributed by atoms with Gasteiger partial charge in [0.25, 0.3) is 0 Å². The number of aliphatic hydroxyl groups is 1. The Morgan fingerprint density at radius 2 is 0.839 bits per heavy atom. The van der Waals surface area contributed by atoms with E-state index in [9.17, 15) is 5.11 Å². The van der Waals surface area contributed by atoms with Crippen molar-refractivity contribution in [3.8, 4) is 0 Å². The maximum absolute atomic E-state index is 9.19. The fourth-order valence-corrected chi connectivity index (χ4v) is 4.82. The highest BCUT2D eigenvalue weighted by Gasteiger charge is 2.08. The molecule has 0 aromatic carbocycles. The van der Waals surface area contributed by atoms with Gasteiger partial charge in [-0.05, 0) is 38.3 Å². The van der Waals surface area contributed by atoms with E-state index in [1.54, 1.807) is 0 Å². The monoisotopic (exact) mass is 439 g/mol. The largest absolute Gasteiger partial charge is 0.396 e. The molecule has 188 valence electrons. The zero-order valence-electron chi connectivity index (χ0n) is 22.1. The maximum atomic E-state index is 9.19. The van der Waals surface area contributed by atoms with Gasteiger partial charge in [-0.25, -0.2) is 0 Å². The first-order valence-electron chi connectivity index (χ1n) is 14.6. The molecule has 0 atom stereocenters. The average molecular weight is 440 g/mol. The van der Waals surface area contributed by atoms with E-state index in [0.717, 1.165) is 18.9 Å². The van der Waals surface area contributed by atoms with Crippen molar-refractivity contribution in [2.24, 2.45) is 5.92 Å². The molecule has 0 saturated carbocycles. The first-order chi connectivity index (χ1) is 15.3. The Morgan fingerprint density at radius 3 is 1.32 bits per heavy atom. The van der Waals surface area contributed by atoms with E-state index >= 15 is 0 Å². The molecule has 1 N–H and O–H groups in total. The Labute approximate surface area is 198 Å². The molecule has 2 heteroatoms. The first kappa shape index (κ1) is 30.9. The number of rotatable bonds is 26. The zero-order valence-corrected chi connectivity index (χ0v) is 22.1. The number of aliphatic hydroxyl groups excluding tert-OH is 1. The van der Waals surface area contributed by atoms with E-state index in [1.807, 2.05) is 0 Å². The molecule has 0 fully saturated rings. The molecule has 0 aliphatic heterocycles. The van der Waals surface area contributed by atoms with Crippen LogP contribution >= 0.6 is 0 Å². The van der Waals surface area contributed by atoms with E-state index in [0.29, 0.717) is 6.61 Å². The standard InChI is InChI=1S/C29H61NO/c1-4-7-10-11-16-19-25-30(27-21-28-31)26-20-17-14-12-13-15-18-24-29(22-8-5-2)23-9-6-3/h29,31H,4-28H2,1-3H3. The highest BCUT2D eigenvalue weighted by Crippen LogP contribution is 2.23. The van der Waals surface area contributed by atoms with Gasteiger partial charge in [-0.15, -0.1) is 0 Å². The van der Waals surface area contributed by atoms with Crippen molar-refractivity contribution in [3.05, 3.63) is 0 Å². The first-order valence-corrected chi connectivity index (χ1v) is 14.6. The SMILES string of the molecule is CCCCCCCCN(CCCO)CCCCCCCCCC(CCCC)CCCC. The lowest BCUT2D eigenvalue weighted by Crippen LogP contribution is -2.27. The molecular formula is C29H61NO. The van der Waals surface area contributed by atoms with Gasteiger partial charge in [0.15, 0.2) is 0 Å². The van der Waals surface area contributed by atoms with Crippen LogP contribution in [0.3, 0.4) is 0 Å². The molecule has 0 amide bonds. The molecule has 0 unspecified atom stereocenters. The van der Waals surface area contributed by atoms with Crippen LogP contribution in [0.5, 0.6) is 0 Å². The highest BCUT2D eigenvalue weighted by atomic mass is 16.3. The molecule has 0 aliphatic rings. The minimum absolute atomic E-state index is 0.338. The van der Waals surface area contributed by atoms with E-state index in [2.05, 4.69) is 25.7 Å². The number of hydrogen-bond acceptors (Lipinski definition) is 2. The lowest BCUT2D eigenvalue weighted by atomic mass is 9.90. The minimum Gasteiger partial charge on any atom is -0.396 e. The Morgan fingerprint density at radius 1 is 0.452 bits per heavy atom. The number of hydrogen-bond donors (Lipinski definition) is 1. The Balaban J connectivity index is 3.69. The van der Waals surface area contributed by atoms with Crippen molar-refractivity contribution in [2.45, 2.75) is 156 Å². The molecule has 0 heterocycles. The van der Waals surface area contributed by atoms with Crippen molar-refractivity contribution in [3.63, 3.8) is 0 Å². The van der Waals surface area contributed by atoms with Crippen molar-refractivity contribution in [1.29, 1.82) is 0 Å². The lowest BCUT2D eigenvalue weighted by Gasteiger charge is -2.22. The van der Waals surface area contributed by atoms with Gasteiger partial charge in [-0.2, -0.15) is 0 Å². The van der Waals surface area contributed by atoms with Gasteiger partial charge in [0.2, 0.25) is 0 Å². The molecule has 0 spiro atoms. The normalized spacial score (nSPS) is 11.8. The summed E-state index contributed by atoms with van der Waals surface area (Å²) in [6, 6.07) is 0. The summed E-state index contributed by atoms with van der Waals surface area (Å²) in [6.07, 6.45) is 29.2. The maximum Gasteiger partial charge on any atom is 0.0443 e. The average Bonchev–Trinajstić information content (AvgIpc) is 2.79. The van der Waals surface area contributed by atoms with E-state index in [1.165, 1.54) is 142 Å². The molecule has 0 rings (SSSR count). The molecule has 0 aliphatic carbocycles. The summed E-state index contributed by atoms with van der Waals surface area (Å²) in [6.45, 7) is 10.9. The van der Waals surface area contributed by atoms with Gasteiger partial charge < -0.3 is 10.0 Å². The number of unbranched alkanes of at least 4 members (excludes halogenated alkanes) is 13. The van der Waals surface area contributed by atoms with Gasteiger partial charge in [0, 0.05) is 13.2 Å². The lowest BCUT2D eigenvalue weighted by molar-refractivity contribution is 0.217. The van der Waals surface area contributed by atoms with Gasteiger partial charge in [-0.3, -0.25) is 0 Å². The van der Waals surface area contributed by atoms with Crippen LogP contribution in [0, 0.1) is 5.92 Å². The highest BCUT2D eigenvalue weighted by molar-refractivity contribution is 4.62. The third-order valence-corrected chi connectivity index (χ3v) is 6.98. The summed E-state index contributed by atoms with van der Waals surface area (Å²) in [4.78, 5) is 2.61. The van der Waals surface area contributed by atoms with Crippen molar-refractivity contribution in [2.75, 3.05) is 26.2 Å². The molecule has 2 nitrogen and oxygen atoms in total. The van der Waals surface area contributed by atoms with Gasteiger partial charge >= 0.3 is 0 Å². The van der Waals surface area contributed by atoms with Crippen LogP contribution in [0.25, 0.3) is 0 Å². The van der Waals surface area contributed by atoms with Crippen LogP contribution in [0.2, 0.25) is 0 Å². The van der Waals surface area contributed by atoms with Gasteiger partial charge in [-0.1, -0.05) is 136 Å². The number of nitrogens with zero attached hydrogens (tertiary/aromatic N) is 1. The van der Waals surface area contributed by atoms with Crippen molar-refractivity contribution >= 4 is 0 Å². The summed E-state index contributed by atoms with van der Waals surface area (Å²) in [5.41, 5.74) is 0. The molecular weight excluding hydrogens is 378 g/mol. The van der Waals surface area contributed by atoms with Crippen LogP contribution in [-0.2, 0) is 0 Å². The van der Waals surface area contributed by atoms with Crippen LogP contribution in [0.15, 0.2) is 0 Å². The molecule has 0 bridgehead atoms. The Bertz CT molecular complexity index is 312. The summed E-state index contributed by atoms with van der Waals surface area (Å²) in [5.74, 6) is 1.01. The van der Waals surface area contributed by atoms with Crippen molar-refractivity contribution < 1.29 is 5.11 Å². The van der Waals surface area contributed by atoms with E-state index < -0.39 is 0 Å². The van der Waals surface area contributed by atoms with Crippen LogP contribution in [0.4, 0.5) is 0 Å². The van der Waals surface area contributed by atoms with Crippen LogP contribution in [0.1, 0.15) is 156 Å². The summed E-state index contributed by atoms with van der Waals surface area (Å²) in [5, 5.41) is 9.19. The topological polar surface area (TPSA) is 23.5 Å². The fraction of sp³-hybridized carbons (Fsp3) is 1.00. The summed E-state index contributed by atoms with van der Waals surface area (Å²) in [7, 11) is 0. The predicted octanol–water partition coefficient (Wildman–Crippen LogP) is 9.15.